The Kier molecular flexibility index (Phi) is 4.34. The van der Waals surface area contributed by atoms with Gasteiger partial charge in [0.15, 0.2) is 0 Å². The molecule has 0 aromatic carbocycles. The summed E-state index contributed by atoms with van der Waals surface area (Å²) >= 11 is 7.91. The lowest BCUT2D eigenvalue weighted by Gasteiger charge is -2.08. The average Bonchev–Trinajstić information content (AvgIpc) is 1.87. The van der Waals surface area contributed by atoms with Gasteiger partial charge in [-0.05, 0) is 18.0 Å². The summed E-state index contributed by atoms with van der Waals surface area (Å²) in [7, 11) is 0. The van der Waals surface area contributed by atoms with Gasteiger partial charge < -0.3 is 0 Å². The van der Waals surface area contributed by atoms with Crippen molar-refractivity contribution in [1.82, 2.24) is 0 Å². The van der Waals surface area contributed by atoms with Gasteiger partial charge in [0.2, 0.25) is 0 Å². The van der Waals surface area contributed by atoms with Crippen molar-refractivity contribution < 1.29 is 0 Å². The van der Waals surface area contributed by atoms with Crippen LogP contribution in [0.1, 0.15) is 13.8 Å². The first kappa shape index (κ1) is 10.3. The molecule has 0 saturated carbocycles. The van der Waals surface area contributed by atoms with Gasteiger partial charge in [-0.25, -0.2) is 6.57 Å². The highest BCUT2D eigenvalue weighted by atomic mass is 32.2. The topological polar surface area (TPSA) is 4.36 Å². The van der Waals surface area contributed by atoms with Crippen LogP contribution < -0.4 is 0 Å². The SMILES string of the molecule is [C-]#[N+]C(C)(C)SC(=S)SC. The number of rotatable bonds is 1. The van der Waals surface area contributed by atoms with Crippen LogP contribution in [0.5, 0.6) is 0 Å². The van der Waals surface area contributed by atoms with E-state index in [0.717, 1.165) is 3.53 Å². The van der Waals surface area contributed by atoms with Gasteiger partial charge in [-0.15, -0.1) is 11.8 Å². The molecule has 0 bridgehead atoms. The molecule has 56 valence electrons. The van der Waals surface area contributed by atoms with Crippen molar-refractivity contribution in [1.29, 1.82) is 0 Å². The molecule has 0 aliphatic rings. The van der Waals surface area contributed by atoms with Crippen LogP contribution in [-0.4, -0.2) is 14.7 Å². The monoisotopic (exact) mass is 191 g/mol. The summed E-state index contributed by atoms with van der Waals surface area (Å²) in [4.78, 5) is 3.03. The zero-order valence-corrected chi connectivity index (χ0v) is 8.62. The van der Waals surface area contributed by atoms with Gasteiger partial charge in [0.25, 0.3) is 4.87 Å². The molecule has 0 saturated heterocycles. The van der Waals surface area contributed by atoms with Crippen LogP contribution in [0.15, 0.2) is 0 Å². The zero-order chi connectivity index (χ0) is 8.20. The Labute approximate surface area is 75.8 Å². The summed E-state index contributed by atoms with van der Waals surface area (Å²) in [6.45, 7) is 10.5. The van der Waals surface area contributed by atoms with Crippen LogP contribution in [0.3, 0.4) is 0 Å². The zero-order valence-electron chi connectivity index (χ0n) is 6.17. The van der Waals surface area contributed by atoms with Crippen molar-refractivity contribution in [2.24, 2.45) is 0 Å². The molecule has 0 N–H and O–H groups in total. The molecule has 1 nitrogen and oxygen atoms in total. The van der Waals surface area contributed by atoms with Crippen molar-refractivity contribution >= 4 is 39.3 Å². The van der Waals surface area contributed by atoms with Crippen molar-refractivity contribution in [3.8, 4) is 0 Å². The van der Waals surface area contributed by atoms with Crippen LogP contribution in [-0.2, 0) is 0 Å². The standard InChI is InChI=1S/C6H9NS3/c1-6(2,7-3)10-5(8)9-4/h1-2,4H3. The second kappa shape index (κ2) is 4.22. The molecule has 0 amide bonds. The number of hydrogen-bond acceptors (Lipinski definition) is 3. The van der Waals surface area contributed by atoms with Crippen LogP contribution in [0.25, 0.3) is 4.85 Å². The maximum absolute atomic E-state index is 6.81. The van der Waals surface area contributed by atoms with E-state index in [1.807, 2.05) is 20.1 Å². The predicted molar refractivity (Wildman–Crippen MR) is 54.4 cm³/mol. The highest BCUT2D eigenvalue weighted by molar-refractivity contribution is 8.47. The van der Waals surface area contributed by atoms with E-state index in [4.69, 9.17) is 18.8 Å². The van der Waals surface area contributed by atoms with Gasteiger partial charge in [0.05, 0.1) is 0 Å². The van der Waals surface area contributed by atoms with Crippen molar-refractivity contribution in [3.05, 3.63) is 11.4 Å². The van der Waals surface area contributed by atoms with Crippen molar-refractivity contribution in [2.45, 2.75) is 18.7 Å². The Morgan fingerprint density at radius 3 is 2.40 bits per heavy atom. The summed E-state index contributed by atoms with van der Waals surface area (Å²) < 4.78 is 0.834. The number of nitrogens with zero attached hydrogens (tertiary/aromatic N) is 1. The molecule has 0 rings (SSSR count). The molecule has 0 fully saturated rings. The van der Waals surface area contributed by atoms with Gasteiger partial charge in [-0.3, -0.25) is 4.85 Å². The van der Waals surface area contributed by atoms with E-state index in [-0.39, 0.29) is 4.87 Å². The fourth-order valence-electron chi connectivity index (χ4n) is 0.268. The summed E-state index contributed by atoms with van der Waals surface area (Å²) in [6, 6.07) is 0. The van der Waals surface area contributed by atoms with E-state index < -0.39 is 0 Å². The maximum Gasteiger partial charge on any atom is 0.277 e. The largest absolute Gasteiger partial charge is 0.299 e. The quantitative estimate of drug-likeness (QED) is 0.464. The normalized spacial score (nSPS) is 10.6. The second-order valence-electron chi connectivity index (χ2n) is 2.11. The number of hydrogen-bond donors (Lipinski definition) is 0. The Balaban J connectivity index is 3.92. The molecule has 0 atom stereocenters. The fourth-order valence-corrected chi connectivity index (χ4v) is 2.28. The first-order valence-corrected chi connectivity index (χ1v) is 5.12. The lowest BCUT2D eigenvalue weighted by molar-refractivity contribution is 0.899. The molecule has 0 aromatic heterocycles. The van der Waals surface area contributed by atoms with Crippen LogP contribution >= 0.6 is 35.7 Å². The highest BCUT2D eigenvalue weighted by Crippen LogP contribution is 2.30. The minimum absolute atomic E-state index is 0.389. The molecule has 0 heterocycles. The molecule has 0 unspecified atom stereocenters. The van der Waals surface area contributed by atoms with E-state index >= 15 is 0 Å². The molecule has 0 aliphatic carbocycles. The lowest BCUT2D eigenvalue weighted by Crippen LogP contribution is -2.08. The Hall–Kier alpha value is 0.280. The third kappa shape index (κ3) is 4.15. The molecule has 0 aromatic rings. The van der Waals surface area contributed by atoms with E-state index in [2.05, 4.69) is 4.85 Å². The lowest BCUT2D eigenvalue weighted by atomic mass is 10.4. The summed E-state index contributed by atoms with van der Waals surface area (Å²) in [5.74, 6) is 0. The number of thiocarbonyl (C=S) groups is 1. The van der Waals surface area contributed by atoms with Gasteiger partial charge in [-0.1, -0.05) is 12.2 Å². The molecular weight excluding hydrogens is 182 g/mol. The minimum atomic E-state index is -0.389. The summed E-state index contributed by atoms with van der Waals surface area (Å²) in [5.41, 5.74) is 0. The van der Waals surface area contributed by atoms with Gasteiger partial charge in [-0.2, -0.15) is 0 Å². The predicted octanol–water partition coefficient (Wildman–Crippen LogP) is 3.02. The van der Waals surface area contributed by atoms with Crippen LogP contribution in [0.4, 0.5) is 0 Å². The Bertz CT molecular complexity index is 168. The van der Waals surface area contributed by atoms with Crippen LogP contribution in [0, 0.1) is 6.57 Å². The molecule has 0 radical (unpaired) electrons. The van der Waals surface area contributed by atoms with Crippen molar-refractivity contribution in [2.75, 3.05) is 6.26 Å². The smallest absolute Gasteiger partial charge is 0.277 e. The molecule has 10 heavy (non-hydrogen) atoms. The first-order chi connectivity index (χ1) is 4.52. The molecule has 4 heteroatoms. The van der Waals surface area contributed by atoms with Crippen molar-refractivity contribution in [3.63, 3.8) is 0 Å². The second-order valence-corrected chi connectivity index (χ2v) is 5.73. The maximum atomic E-state index is 6.81. The summed E-state index contributed by atoms with van der Waals surface area (Å²) in [5, 5.41) is 0. The third-order valence-electron chi connectivity index (χ3n) is 0.769. The molecular formula is C6H9NS3. The highest BCUT2D eigenvalue weighted by Gasteiger charge is 2.25. The Morgan fingerprint density at radius 2 is 2.10 bits per heavy atom. The third-order valence-corrected chi connectivity index (χ3v) is 3.36. The summed E-state index contributed by atoms with van der Waals surface area (Å²) in [6.07, 6.45) is 1.93. The van der Waals surface area contributed by atoms with Gasteiger partial charge in [0, 0.05) is 13.8 Å². The van der Waals surface area contributed by atoms with Gasteiger partial charge >= 0.3 is 0 Å². The fraction of sp³-hybridized carbons (Fsp3) is 0.667. The molecule has 0 spiro atoms. The molecule has 0 aliphatic heterocycles. The average molecular weight is 191 g/mol. The van der Waals surface area contributed by atoms with Crippen LogP contribution in [0.2, 0.25) is 0 Å². The van der Waals surface area contributed by atoms with E-state index in [1.54, 1.807) is 0 Å². The minimum Gasteiger partial charge on any atom is -0.299 e. The van der Waals surface area contributed by atoms with Gasteiger partial charge in [0.1, 0.15) is 3.53 Å². The Morgan fingerprint density at radius 1 is 1.60 bits per heavy atom. The first-order valence-electron chi connectivity index (χ1n) is 2.67. The number of thioether (sulfide) groups is 2. The van der Waals surface area contributed by atoms with E-state index in [9.17, 15) is 0 Å². The van der Waals surface area contributed by atoms with E-state index in [1.165, 1.54) is 23.5 Å². The van der Waals surface area contributed by atoms with E-state index in [0.29, 0.717) is 0 Å².